The highest BCUT2D eigenvalue weighted by Crippen LogP contribution is 2.41. The van der Waals surface area contributed by atoms with Gasteiger partial charge in [-0.15, -0.1) is 0 Å². The fourth-order valence-corrected chi connectivity index (χ4v) is 4.01. The lowest BCUT2D eigenvalue weighted by atomic mass is 9.94. The van der Waals surface area contributed by atoms with Gasteiger partial charge in [0.15, 0.2) is 0 Å². The summed E-state index contributed by atoms with van der Waals surface area (Å²) in [5.74, 6) is 0.702. The van der Waals surface area contributed by atoms with Crippen LogP contribution in [0, 0.1) is 5.92 Å². The first-order valence-electron chi connectivity index (χ1n) is 10.3. The molecule has 0 N–H and O–H groups in total. The average molecular weight is 388 g/mol. The van der Waals surface area contributed by atoms with Gasteiger partial charge in [0.2, 0.25) is 0 Å². The Morgan fingerprint density at radius 1 is 1.25 bits per heavy atom. The molecule has 1 saturated heterocycles. The minimum absolute atomic E-state index is 0.0560. The molecule has 2 rings (SSSR count). The minimum atomic E-state index is -0.788. The van der Waals surface area contributed by atoms with Crippen molar-refractivity contribution in [1.82, 2.24) is 9.80 Å². The van der Waals surface area contributed by atoms with Gasteiger partial charge >= 0.3 is 0 Å². The summed E-state index contributed by atoms with van der Waals surface area (Å²) in [4.78, 5) is 21.7. The molecule has 2 fully saturated rings. The first kappa shape index (κ1) is 22.4. The van der Waals surface area contributed by atoms with E-state index in [2.05, 4.69) is 50.2 Å². The van der Waals surface area contributed by atoms with Crippen LogP contribution in [0.3, 0.4) is 0 Å². The summed E-state index contributed by atoms with van der Waals surface area (Å²) in [7, 11) is 1.59. The van der Waals surface area contributed by atoms with Crippen LogP contribution in [0.4, 0.5) is 0 Å². The standard InChI is InChI=1S/C23H37N3O2/c1-9-20(19-11-12-19)21(17(4)24-10-2)18(5)25-13-14-26(16(3)15-25)22(27)23(6,7)28-8/h9-10,16,19H,2,11-15H2,1,3-8H3/b20-9-,21-18-,24-17?. The number of allylic oxidation sites excluding steroid dienone is 4. The van der Waals surface area contributed by atoms with Crippen LogP contribution in [0.1, 0.15) is 54.4 Å². The second-order valence-electron chi connectivity index (χ2n) is 8.38. The van der Waals surface area contributed by atoms with Gasteiger partial charge in [-0.05, 0) is 65.9 Å². The number of nitrogens with zero attached hydrogens (tertiary/aromatic N) is 3. The summed E-state index contributed by atoms with van der Waals surface area (Å²) in [5, 5.41) is 0. The van der Waals surface area contributed by atoms with Crippen LogP contribution in [0.2, 0.25) is 0 Å². The maximum absolute atomic E-state index is 12.8. The third-order valence-corrected chi connectivity index (χ3v) is 6.01. The molecule has 2 aliphatic rings. The molecule has 156 valence electrons. The molecule has 1 atom stereocenters. The molecule has 0 aromatic carbocycles. The normalized spacial score (nSPS) is 22.9. The molecule has 5 heteroatoms. The smallest absolute Gasteiger partial charge is 0.254 e. The molecule has 1 unspecified atom stereocenters. The van der Waals surface area contributed by atoms with E-state index in [9.17, 15) is 4.79 Å². The van der Waals surface area contributed by atoms with Crippen molar-refractivity contribution in [2.75, 3.05) is 26.7 Å². The predicted octanol–water partition coefficient (Wildman–Crippen LogP) is 4.18. The first-order valence-corrected chi connectivity index (χ1v) is 10.3. The summed E-state index contributed by atoms with van der Waals surface area (Å²) in [6.07, 6.45) is 6.36. The highest BCUT2D eigenvalue weighted by Gasteiger charge is 2.37. The Morgan fingerprint density at radius 2 is 1.89 bits per heavy atom. The van der Waals surface area contributed by atoms with Crippen LogP contribution in [0.5, 0.6) is 0 Å². The second kappa shape index (κ2) is 9.08. The van der Waals surface area contributed by atoms with E-state index in [4.69, 9.17) is 4.74 Å². The number of piperazine rings is 1. The van der Waals surface area contributed by atoms with Crippen molar-refractivity contribution in [3.05, 3.63) is 35.7 Å². The molecule has 1 aliphatic heterocycles. The van der Waals surface area contributed by atoms with Gasteiger partial charge in [0, 0.05) is 56.0 Å². The molecule has 1 aliphatic carbocycles. The first-order chi connectivity index (χ1) is 13.2. The van der Waals surface area contributed by atoms with Crippen molar-refractivity contribution < 1.29 is 9.53 Å². The summed E-state index contributed by atoms with van der Waals surface area (Å²) in [5.41, 5.74) is 4.11. The zero-order chi connectivity index (χ0) is 21.1. The fourth-order valence-electron chi connectivity index (χ4n) is 4.01. The van der Waals surface area contributed by atoms with Gasteiger partial charge in [-0.25, -0.2) is 0 Å². The number of ether oxygens (including phenoxy) is 1. The van der Waals surface area contributed by atoms with Crippen LogP contribution < -0.4 is 0 Å². The summed E-state index contributed by atoms with van der Waals surface area (Å²) < 4.78 is 5.40. The van der Waals surface area contributed by atoms with Gasteiger partial charge in [0.1, 0.15) is 5.60 Å². The number of hydrogen-bond acceptors (Lipinski definition) is 4. The SMILES string of the molecule is C=CN=C(C)C(/C(=C\C)C1CC1)=C(\C)N1CCN(C(=O)C(C)(C)OC)C(C)C1. The highest BCUT2D eigenvalue weighted by atomic mass is 16.5. The van der Waals surface area contributed by atoms with Gasteiger partial charge in [-0.1, -0.05) is 12.7 Å². The molecule has 0 aromatic heterocycles. The number of carbonyl (C=O) groups is 1. The topological polar surface area (TPSA) is 45.1 Å². The molecule has 0 bridgehead atoms. The van der Waals surface area contributed by atoms with Gasteiger partial charge in [-0.3, -0.25) is 9.79 Å². The van der Waals surface area contributed by atoms with Crippen molar-refractivity contribution in [3.8, 4) is 0 Å². The number of rotatable bonds is 7. The van der Waals surface area contributed by atoms with Crippen molar-refractivity contribution in [1.29, 1.82) is 0 Å². The highest BCUT2D eigenvalue weighted by molar-refractivity contribution is 6.03. The monoisotopic (exact) mass is 387 g/mol. The van der Waals surface area contributed by atoms with E-state index in [1.165, 1.54) is 29.7 Å². The van der Waals surface area contributed by atoms with Gasteiger partial charge in [-0.2, -0.15) is 0 Å². The Labute approximate surface area is 170 Å². The number of amides is 1. The number of methoxy groups -OCH3 is 1. The van der Waals surface area contributed by atoms with Crippen LogP contribution in [0.25, 0.3) is 0 Å². The molecule has 0 aromatic rings. The maximum atomic E-state index is 12.8. The van der Waals surface area contributed by atoms with Crippen LogP contribution >= 0.6 is 0 Å². The Hall–Kier alpha value is -1.88. The Bertz CT molecular complexity index is 699. The molecular formula is C23H37N3O2. The van der Waals surface area contributed by atoms with Crippen molar-refractivity contribution in [2.24, 2.45) is 10.9 Å². The van der Waals surface area contributed by atoms with Crippen molar-refractivity contribution in [3.63, 3.8) is 0 Å². The fraction of sp³-hybridized carbons (Fsp3) is 0.652. The van der Waals surface area contributed by atoms with E-state index in [-0.39, 0.29) is 11.9 Å². The summed E-state index contributed by atoms with van der Waals surface area (Å²) in [6.45, 7) is 18.3. The Morgan fingerprint density at radius 3 is 2.36 bits per heavy atom. The van der Waals surface area contributed by atoms with Crippen LogP contribution in [0.15, 0.2) is 40.7 Å². The summed E-state index contributed by atoms with van der Waals surface area (Å²) in [6, 6.07) is 0.124. The molecule has 28 heavy (non-hydrogen) atoms. The number of carbonyl (C=O) groups excluding carboxylic acids is 1. The zero-order valence-corrected chi connectivity index (χ0v) is 18.7. The van der Waals surface area contributed by atoms with E-state index < -0.39 is 5.60 Å². The maximum Gasteiger partial charge on any atom is 0.254 e. The Kier molecular flexibility index (Phi) is 7.27. The largest absolute Gasteiger partial charge is 0.371 e. The lowest BCUT2D eigenvalue weighted by Gasteiger charge is -2.44. The van der Waals surface area contributed by atoms with E-state index >= 15 is 0 Å². The molecule has 0 radical (unpaired) electrons. The van der Waals surface area contributed by atoms with E-state index in [0.29, 0.717) is 12.5 Å². The van der Waals surface area contributed by atoms with Crippen molar-refractivity contribution in [2.45, 2.75) is 66.0 Å². The molecule has 5 nitrogen and oxygen atoms in total. The quantitative estimate of drug-likeness (QED) is 0.486. The Balaban J connectivity index is 2.29. The third-order valence-electron chi connectivity index (χ3n) is 6.01. The number of aliphatic imine (C=N–C) groups is 1. The molecule has 1 heterocycles. The van der Waals surface area contributed by atoms with Crippen LogP contribution in [-0.2, 0) is 9.53 Å². The van der Waals surface area contributed by atoms with E-state index in [0.717, 1.165) is 18.8 Å². The summed E-state index contributed by atoms with van der Waals surface area (Å²) >= 11 is 0. The van der Waals surface area contributed by atoms with Gasteiger partial charge in [0.25, 0.3) is 5.91 Å². The van der Waals surface area contributed by atoms with E-state index in [1.807, 2.05) is 18.7 Å². The van der Waals surface area contributed by atoms with Crippen molar-refractivity contribution >= 4 is 11.6 Å². The average Bonchev–Trinajstić information content (AvgIpc) is 3.49. The third kappa shape index (κ3) is 4.75. The van der Waals surface area contributed by atoms with Gasteiger partial charge < -0.3 is 14.5 Å². The van der Waals surface area contributed by atoms with Crippen LogP contribution in [-0.4, -0.2) is 59.8 Å². The molecule has 1 amide bonds. The second-order valence-corrected chi connectivity index (χ2v) is 8.38. The van der Waals surface area contributed by atoms with Gasteiger partial charge in [0.05, 0.1) is 0 Å². The lowest BCUT2D eigenvalue weighted by Crippen LogP contribution is -2.58. The lowest BCUT2D eigenvalue weighted by molar-refractivity contribution is -0.155. The molecule has 1 saturated carbocycles. The van der Waals surface area contributed by atoms with E-state index in [1.54, 1.807) is 13.3 Å². The zero-order valence-electron chi connectivity index (χ0n) is 18.7. The number of hydrogen-bond donors (Lipinski definition) is 0. The molecular weight excluding hydrogens is 350 g/mol. The minimum Gasteiger partial charge on any atom is -0.371 e. The molecule has 0 spiro atoms. The predicted molar refractivity (Wildman–Crippen MR) is 116 cm³/mol.